The van der Waals surface area contributed by atoms with E-state index >= 15 is 0 Å². The third-order valence-electron chi connectivity index (χ3n) is 5.27. The Balaban J connectivity index is 1.50. The van der Waals surface area contributed by atoms with Gasteiger partial charge >= 0.3 is 0 Å². The summed E-state index contributed by atoms with van der Waals surface area (Å²) < 4.78 is 7.32. The third kappa shape index (κ3) is 4.29. The minimum Gasteiger partial charge on any atom is -0.378 e. The lowest BCUT2D eigenvalue weighted by atomic mass is 10.2. The first-order valence-corrected chi connectivity index (χ1v) is 10.3. The molecule has 0 atom stereocenters. The Morgan fingerprint density at radius 3 is 2.58 bits per heavy atom. The fourth-order valence-corrected chi connectivity index (χ4v) is 3.58. The first kappa shape index (κ1) is 19.3. The topological polar surface area (TPSA) is 80.3 Å². The van der Waals surface area contributed by atoms with Crippen LogP contribution in [0, 0.1) is 6.92 Å². The number of aromatic nitrogens is 4. The highest BCUT2D eigenvalue weighted by Gasteiger charge is 2.18. The highest BCUT2D eigenvalue weighted by molar-refractivity contribution is 5.75. The van der Waals surface area contributed by atoms with Crippen LogP contribution in [-0.4, -0.2) is 45.9 Å². The van der Waals surface area contributed by atoms with E-state index in [1.807, 2.05) is 24.4 Å². The van der Waals surface area contributed by atoms with Crippen molar-refractivity contribution in [3.63, 3.8) is 0 Å². The maximum atomic E-state index is 5.53. The summed E-state index contributed by atoms with van der Waals surface area (Å²) in [7, 11) is 0. The minimum atomic E-state index is 0.513. The molecule has 5 rings (SSSR count). The molecule has 0 amide bonds. The Hall–Kier alpha value is -3.65. The molecule has 0 unspecified atom stereocenters. The molecule has 3 aromatic heterocycles. The van der Waals surface area contributed by atoms with Gasteiger partial charge < -0.3 is 9.64 Å². The fraction of sp³-hybridized carbons (Fsp3) is 0.261. The van der Waals surface area contributed by atoms with E-state index in [1.54, 1.807) is 16.9 Å². The zero-order chi connectivity index (χ0) is 21.0. The summed E-state index contributed by atoms with van der Waals surface area (Å²) in [4.78, 5) is 11.2. The molecule has 1 fully saturated rings. The van der Waals surface area contributed by atoms with Crippen molar-refractivity contribution in [3.05, 3.63) is 72.2 Å². The number of benzene rings is 1. The largest absolute Gasteiger partial charge is 0.378 e. The standard InChI is InChI=1S/C23H23N7O/c1-17-2-4-18(5-3-17)15-25-27-22-14-21(29-10-12-31-13-11-29)23-26-20(16-30(23)28-22)19-6-8-24-9-7-19/h2-9,14,16H,10-13,15H2,1H3. The van der Waals surface area contributed by atoms with Gasteiger partial charge in [-0.05, 0) is 24.6 Å². The molecular formula is C23H23N7O. The van der Waals surface area contributed by atoms with Gasteiger partial charge in [-0.15, -0.1) is 10.2 Å². The predicted molar refractivity (Wildman–Crippen MR) is 119 cm³/mol. The average Bonchev–Trinajstić information content (AvgIpc) is 3.25. The second-order valence-electron chi connectivity index (χ2n) is 7.50. The number of nitrogens with zero attached hydrogens (tertiary/aromatic N) is 7. The van der Waals surface area contributed by atoms with Crippen LogP contribution >= 0.6 is 0 Å². The molecule has 0 bridgehead atoms. The van der Waals surface area contributed by atoms with Crippen molar-refractivity contribution in [1.82, 2.24) is 19.6 Å². The predicted octanol–water partition coefficient (Wildman–Crippen LogP) is 4.22. The maximum absolute atomic E-state index is 5.53. The monoisotopic (exact) mass is 413 g/mol. The molecule has 1 saturated heterocycles. The molecular weight excluding hydrogens is 390 g/mol. The molecule has 1 aromatic carbocycles. The quantitative estimate of drug-likeness (QED) is 0.458. The van der Waals surface area contributed by atoms with Crippen LogP contribution in [0.3, 0.4) is 0 Å². The molecule has 8 heteroatoms. The number of fused-ring (bicyclic) bond motifs is 1. The van der Waals surface area contributed by atoms with Crippen molar-refractivity contribution in [2.24, 2.45) is 10.2 Å². The number of ether oxygens (including phenoxy) is 1. The van der Waals surface area contributed by atoms with E-state index in [-0.39, 0.29) is 0 Å². The highest BCUT2D eigenvalue weighted by Crippen LogP contribution is 2.28. The van der Waals surface area contributed by atoms with Crippen LogP contribution in [0.4, 0.5) is 11.5 Å². The number of hydrogen-bond acceptors (Lipinski definition) is 7. The Labute approximate surface area is 180 Å². The van der Waals surface area contributed by atoms with Gasteiger partial charge in [-0.2, -0.15) is 5.11 Å². The van der Waals surface area contributed by atoms with Gasteiger partial charge in [-0.1, -0.05) is 29.8 Å². The molecule has 8 nitrogen and oxygen atoms in total. The number of anilines is 1. The molecule has 0 radical (unpaired) electrons. The van der Waals surface area contributed by atoms with Gasteiger partial charge in [0.05, 0.1) is 37.3 Å². The van der Waals surface area contributed by atoms with E-state index in [2.05, 4.69) is 56.4 Å². The molecule has 156 valence electrons. The van der Waals surface area contributed by atoms with Gasteiger partial charge in [-0.3, -0.25) is 4.98 Å². The summed E-state index contributed by atoms with van der Waals surface area (Å²) in [6.07, 6.45) is 5.45. The molecule has 0 saturated carbocycles. The zero-order valence-electron chi connectivity index (χ0n) is 17.3. The van der Waals surface area contributed by atoms with Crippen molar-refractivity contribution in [2.75, 3.05) is 31.2 Å². The fourth-order valence-electron chi connectivity index (χ4n) is 3.58. The molecule has 4 aromatic rings. The Morgan fingerprint density at radius 1 is 1.03 bits per heavy atom. The first-order chi connectivity index (χ1) is 15.3. The highest BCUT2D eigenvalue weighted by atomic mass is 16.5. The number of pyridine rings is 1. The van der Waals surface area contributed by atoms with Crippen LogP contribution in [-0.2, 0) is 11.3 Å². The summed E-state index contributed by atoms with van der Waals surface area (Å²) in [6, 6.07) is 14.1. The molecule has 0 aliphatic carbocycles. The summed E-state index contributed by atoms with van der Waals surface area (Å²) >= 11 is 0. The number of azo groups is 1. The minimum absolute atomic E-state index is 0.513. The van der Waals surface area contributed by atoms with Crippen LogP contribution in [0.2, 0.25) is 0 Å². The van der Waals surface area contributed by atoms with Gasteiger partial charge in [-0.25, -0.2) is 9.50 Å². The van der Waals surface area contributed by atoms with Crippen LogP contribution in [0.25, 0.3) is 16.9 Å². The van der Waals surface area contributed by atoms with Gasteiger partial charge in [0.25, 0.3) is 0 Å². The first-order valence-electron chi connectivity index (χ1n) is 10.3. The molecule has 0 spiro atoms. The van der Waals surface area contributed by atoms with Crippen LogP contribution < -0.4 is 4.90 Å². The van der Waals surface area contributed by atoms with Crippen molar-refractivity contribution in [3.8, 4) is 11.3 Å². The smallest absolute Gasteiger partial charge is 0.196 e. The van der Waals surface area contributed by atoms with E-state index < -0.39 is 0 Å². The van der Waals surface area contributed by atoms with E-state index in [0.29, 0.717) is 25.6 Å². The SMILES string of the molecule is Cc1ccc(CN=Nc2cc(N3CCOCC3)c3nc(-c4ccncc4)cn3n2)cc1. The number of morpholine rings is 1. The van der Waals surface area contributed by atoms with E-state index in [0.717, 1.165) is 41.2 Å². The van der Waals surface area contributed by atoms with Crippen LogP contribution in [0.1, 0.15) is 11.1 Å². The second-order valence-corrected chi connectivity index (χ2v) is 7.50. The zero-order valence-corrected chi connectivity index (χ0v) is 17.3. The summed E-state index contributed by atoms with van der Waals surface area (Å²) in [5.74, 6) is 0.555. The summed E-state index contributed by atoms with van der Waals surface area (Å²) in [6.45, 7) is 5.57. The number of hydrogen-bond donors (Lipinski definition) is 0. The molecule has 4 heterocycles. The van der Waals surface area contributed by atoms with Gasteiger partial charge in [0.2, 0.25) is 0 Å². The van der Waals surface area contributed by atoms with Crippen molar-refractivity contribution >= 4 is 17.2 Å². The Kier molecular flexibility index (Phi) is 5.37. The molecule has 1 aliphatic rings. The van der Waals surface area contributed by atoms with Crippen molar-refractivity contribution in [2.45, 2.75) is 13.5 Å². The Bertz CT molecular complexity index is 1200. The lowest BCUT2D eigenvalue weighted by Gasteiger charge is -2.28. The van der Waals surface area contributed by atoms with Crippen molar-refractivity contribution < 1.29 is 4.74 Å². The van der Waals surface area contributed by atoms with E-state index in [1.165, 1.54) is 5.56 Å². The molecule has 0 N–H and O–H groups in total. The average molecular weight is 413 g/mol. The van der Waals surface area contributed by atoms with Gasteiger partial charge in [0, 0.05) is 37.1 Å². The lowest BCUT2D eigenvalue weighted by Crippen LogP contribution is -2.36. The van der Waals surface area contributed by atoms with Crippen molar-refractivity contribution in [1.29, 1.82) is 0 Å². The van der Waals surface area contributed by atoms with Crippen LogP contribution in [0.15, 0.2) is 71.3 Å². The van der Waals surface area contributed by atoms with Crippen LogP contribution in [0.5, 0.6) is 0 Å². The van der Waals surface area contributed by atoms with Gasteiger partial charge in [0.15, 0.2) is 11.5 Å². The molecule has 1 aliphatic heterocycles. The number of aryl methyl sites for hydroxylation is 1. The summed E-state index contributed by atoms with van der Waals surface area (Å²) in [5.41, 5.74) is 5.97. The van der Waals surface area contributed by atoms with Gasteiger partial charge in [0.1, 0.15) is 0 Å². The number of imidazole rings is 1. The lowest BCUT2D eigenvalue weighted by molar-refractivity contribution is 0.123. The Morgan fingerprint density at radius 2 is 1.81 bits per heavy atom. The second kappa shape index (κ2) is 8.61. The summed E-state index contributed by atoms with van der Waals surface area (Å²) in [5, 5.41) is 13.4. The van der Waals surface area contributed by atoms with E-state index in [9.17, 15) is 0 Å². The normalized spacial score (nSPS) is 14.5. The van der Waals surface area contributed by atoms with E-state index in [4.69, 9.17) is 9.72 Å². The molecule has 31 heavy (non-hydrogen) atoms. The maximum Gasteiger partial charge on any atom is 0.196 e. The number of rotatable bonds is 5. The third-order valence-corrected chi connectivity index (χ3v) is 5.27.